The lowest BCUT2D eigenvalue weighted by molar-refractivity contribution is 0.455. The number of benzene rings is 2. The van der Waals surface area contributed by atoms with Crippen molar-refractivity contribution in [1.82, 2.24) is 4.31 Å². The van der Waals surface area contributed by atoms with E-state index in [1.165, 1.54) is 4.31 Å². The molecule has 1 saturated carbocycles. The summed E-state index contributed by atoms with van der Waals surface area (Å²) in [5.74, 6) is 1.86. The van der Waals surface area contributed by atoms with Crippen LogP contribution >= 0.6 is 0 Å². The van der Waals surface area contributed by atoms with Gasteiger partial charge in [-0.25, -0.2) is 8.42 Å². The third kappa shape index (κ3) is 2.38. The maximum absolute atomic E-state index is 12.9. The van der Waals surface area contributed by atoms with Crippen molar-refractivity contribution >= 4 is 21.0 Å². The Balaban J connectivity index is 1.40. The SMILES string of the molecule is Cc1ccc(S(=O)(=O)N2C=C[C@@H]3[C@H](C2)[C@H]3c2cc3ccccc3o2)cc1. The molecule has 132 valence electrons. The van der Waals surface area contributed by atoms with Gasteiger partial charge in [0.05, 0.1) is 4.90 Å². The quantitative estimate of drug-likeness (QED) is 0.696. The molecule has 3 atom stereocenters. The zero-order chi connectivity index (χ0) is 17.9. The van der Waals surface area contributed by atoms with Crippen molar-refractivity contribution < 1.29 is 12.8 Å². The molecule has 2 aliphatic rings. The van der Waals surface area contributed by atoms with Crippen molar-refractivity contribution in [2.75, 3.05) is 6.54 Å². The fourth-order valence-corrected chi connectivity index (χ4v) is 5.30. The highest BCUT2D eigenvalue weighted by Gasteiger charge is 2.54. The number of para-hydroxylation sites is 1. The van der Waals surface area contributed by atoms with Gasteiger partial charge in [0, 0.05) is 24.0 Å². The molecule has 0 saturated heterocycles. The minimum Gasteiger partial charge on any atom is -0.461 e. The summed E-state index contributed by atoms with van der Waals surface area (Å²) in [4.78, 5) is 0.340. The van der Waals surface area contributed by atoms with Crippen LogP contribution in [-0.2, 0) is 10.0 Å². The topological polar surface area (TPSA) is 50.5 Å². The number of rotatable bonds is 3. The van der Waals surface area contributed by atoms with Crippen molar-refractivity contribution in [3.8, 4) is 0 Å². The molecule has 0 spiro atoms. The molecule has 3 aromatic rings. The Bertz CT molecular complexity index is 1080. The van der Waals surface area contributed by atoms with Gasteiger partial charge >= 0.3 is 0 Å². The van der Waals surface area contributed by atoms with Crippen molar-refractivity contribution in [2.24, 2.45) is 11.8 Å². The first-order valence-corrected chi connectivity index (χ1v) is 10.2. The number of aryl methyl sites for hydroxylation is 1. The number of hydrogen-bond donors (Lipinski definition) is 0. The van der Waals surface area contributed by atoms with Crippen LogP contribution in [0.25, 0.3) is 11.0 Å². The third-order valence-corrected chi connectivity index (χ3v) is 7.25. The molecule has 0 unspecified atom stereocenters. The van der Waals surface area contributed by atoms with Crippen LogP contribution in [0.1, 0.15) is 17.2 Å². The first kappa shape index (κ1) is 15.7. The summed E-state index contributed by atoms with van der Waals surface area (Å²) in [7, 11) is -3.50. The van der Waals surface area contributed by atoms with Gasteiger partial charge in [0.1, 0.15) is 11.3 Å². The molecule has 1 aliphatic heterocycles. The smallest absolute Gasteiger partial charge is 0.263 e. The molecule has 0 radical (unpaired) electrons. The predicted molar refractivity (Wildman–Crippen MR) is 100 cm³/mol. The number of sulfonamides is 1. The third-order valence-electron chi connectivity index (χ3n) is 5.50. The predicted octanol–water partition coefficient (Wildman–Crippen LogP) is 4.29. The number of nitrogens with zero attached hydrogens (tertiary/aromatic N) is 1. The summed E-state index contributed by atoms with van der Waals surface area (Å²) >= 11 is 0. The molecule has 0 bridgehead atoms. The summed E-state index contributed by atoms with van der Waals surface area (Å²) in [6, 6.07) is 17.1. The largest absolute Gasteiger partial charge is 0.461 e. The van der Waals surface area contributed by atoms with E-state index in [9.17, 15) is 8.42 Å². The van der Waals surface area contributed by atoms with Crippen LogP contribution in [-0.4, -0.2) is 19.3 Å². The molecular weight excluding hydrogens is 346 g/mol. The van der Waals surface area contributed by atoms with Crippen LogP contribution in [0.2, 0.25) is 0 Å². The Morgan fingerprint density at radius 1 is 1.08 bits per heavy atom. The molecule has 5 rings (SSSR count). The molecule has 0 N–H and O–H groups in total. The minimum absolute atomic E-state index is 0.261. The molecule has 2 aromatic carbocycles. The van der Waals surface area contributed by atoms with E-state index < -0.39 is 10.0 Å². The van der Waals surface area contributed by atoms with E-state index in [-0.39, 0.29) is 11.8 Å². The second-order valence-electron chi connectivity index (χ2n) is 7.18. The van der Waals surface area contributed by atoms with Crippen LogP contribution in [0, 0.1) is 18.8 Å². The van der Waals surface area contributed by atoms with Gasteiger partial charge in [0.15, 0.2) is 0 Å². The lowest BCUT2D eigenvalue weighted by Crippen LogP contribution is -2.30. The molecule has 26 heavy (non-hydrogen) atoms. The molecule has 1 aliphatic carbocycles. The minimum atomic E-state index is -3.50. The summed E-state index contributed by atoms with van der Waals surface area (Å²) in [6.07, 6.45) is 3.73. The Morgan fingerprint density at radius 3 is 2.62 bits per heavy atom. The Hall–Kier alpha value is -2.53. The Labute approximate surface area is 152 Å². The lowest BCUT2D eigenvalue weighted by Gasteiger charge is -2.22. The maximum atomic E-state index is 12.9. The summed E-state index contributed by atoms with van der Waals surface area (Å²) in [5.41, 5.74) is 1.93. The summed E-state index contributed by atoms with van der Waals surface area (Å²) < 4.78 is 33.3. The van der Waals surface area contributed by atoms with Gasteiger partial charge in [0.25, 0.3) is 10.0 Å². The van der Waals surface area contributed by atoms with E-state index >= 15 is 0 Å². The van der Waals surface area contributed by atoms with Crippen LogP contribution in [0.15, 0.2) is 76.2 Å². The maximum Gasteiger partial charge on any atom is 0.263 e. The second kappa shape index (κ2) is 5.48. The monoisotopic (exact) mass is 365 g/mol. The molecule has 5 heteroatoms. The van der Waals surface area contributed by atoms with Crippen LogP contribution in [0.5, 0.6) is 0 Å². The molecular formula is C21H19NO3S. The van der Waals surface area contributed by atoms with Gasteiger partial charge in [0.2, 0.25) is 0 Å². The van der Waals surface area contributed by atoms with Crippen LogP contribution < -0.4 is 0 Å². The highest BCUT2D eigenvalue weighted by atomic mass is 32.2. The number of hydrogen-bond acceptors (Lipinski definition) is 3. The first-order chi connectivity index (χ1) is 12.5. The van der Waals surface area contributed by atoms with Gasteiger partial charge in [-0.15, -0.1) is 0 Å². The summed E-state index contributed by atoms with van der Waals surface area (Å²) in [6.45, 7) is 2.45. The molecule has 4 nitrogen and oxygen atoms in total. The molecule has 0 amide bonds. The normalized spacial score (nSPS) is 24.7. The second-order valence-corrected chi connectivity index (χ2v) is 9.07. The van der Waals surface area contributed by atoms with Crippen LogP contribution in [0.4, 0.5) is 0 Å². The Morgan fingerprint density at radius 2 is 1.85 bits per heavy atom. The molecule has 2 heterocycles. The zero-order valence-corrected chi connectivity index (χ0v) is 15.2. The Kier molecular flexibility index (Phi) is 3.31. The average molecular weight is 365 g/mol. The van der Waals surface area contributed by atoms with Crippen molar-refractivity contribution in [2.45, 2.75) is 17.7 Å². The number of allylic oxidation sites excluding steroid dienone is 1. The highest BCUT2D eigenvalue weighted by molar-refractivity contribution is 7.89. The lowest BCUT2D eigenvalue weighted by atomic mass is 10.2. The standard InChI is InChI=1S/C21H19NO3S/c1-14-6-8-16(9-7-14)26(23,24)22-11-10-17-18(13-22)21(17)20-12-15-4-2-3-5-19(15)25-20/h2-12,17-18,21H,13H2,1H3/t17-,18+,21+/m1/s1. The van der Waals surface area contributed by atoms with E-state index in [0.717, 1.165) is 22.3 Å². The van der Waals surface area contributed by atoms with Gasteiger partial charge in [-0.2, -0.15) is 0 Å². The zero-order valence-electron chi connectivity index (χ0n) is 14.4. The fourth-order valence-electron chi connectivity index (χ4n) is 3.95. The van der Waals surface area contributed by atoms with E-state index in [1.807, 2.05) is 49.4 Å². The van der Waals surface area contributed by atoms with Crippen molar-refractivity contribution in [3.63, 3.8) is 0 Å². The van der Waals surface area contributed by atoms with E-state index in [4.69, 9.17) is 4.42 Å². The van der Waals surface area contributed by atoms with E-state index in [1.54, 1.807) is 18.3 Å². The molecule has 1 aromatic heterocycles. The van der Waals surface area contributed by atoms with Crippen molar-refractivity contribution in [3.05, 3.63) is 78.2 Å². The van der Waals surface area contributed by atoms with Gasteiger partial charge in [-0.3, -0.25) is 4.31 Å². The van der Waals surface area contributed by atoms with Crippen LogP contribution in [0.3, 0.4) is 0 Å². The van der Waals surface area contributed by atoms with Gasteiger partial charge < -0.3 is 4.42 Å². The van der Waals surface area contributed by atoms with Gasteiger partial charge in [-0.1, -0.05) is 42.0 Å². The van der Waals surface area contributed by atoms with E-state index in [0.29, 0.717) is 17.4 Å². The number of fused-ring (bicyclic) bond motifs is 2. The fraction of sp³-hybridized carbons (Fsp3) is 0.238. The number of furan rings is 1. The van der Waals surface area contributed by atoms with Crippen molar-refractivity contribution in [1.29, 1.82) is 0 Å². The van der Waals surface area contributed by atoms with E-state index in [2.05, 4.69) is 6.07 Å². The average Bonchev–Trinajstić information content (AvgIpc) is 3.21. The molecule has 1 fully saturated rings. The first-order valence-electron chi connectivity index (χ1n) is 8.79. The summed E-state index contributed by atoms with van der Waals surface area (Å²) in [5, 5.41) is 1.10. The van der Waals surface area contributed by atoms with Gasteiger partial charge in [-0.05, 0) is 43.0 Å². The highest BCUT2D eigenvalue weighted by Crippen LogP contribution is 2.57.